The van der Waals surface area contributed by atoms with Gasteiger partial charge in [0.1, 0.15) is 11.8 Å². The molecule has 3 aromatic rings. The molecule has 3 atom stereocenters. The van der Waals surface area contributed by atoms with Crippen molar-refractivity contribution >= 4 is 39.3 Å². The first-order chi connectivity index (χ1) is 18.1. The fraction of sp³-hybridized carbons (Fsp3) is 0.429. The number of carbonyl (C=O) groups excluding carboxylic acids is 3. The van der Waals surface area contributed by atoms with Gasteiger partial charge in [0.15, 0.2) is 0 Å². The second-order valence-corrected chi connectivity index (χ2v) is 12.2. The molecule has 10 heteroatoms. The van der Waals surface area contributed by atoms with Crippen LogP contribution < -0.4 is 5.32 Å². The van der Waals surface area contributed by atoms with Crippen LogP contribution in [0.4, 0.5) is 0 Å². The highest BCUT2D eigenvalue weighted by molar-refractivity contribution is 7.19. The number of nitriles is 1. The highest BCUT2D eigenvalue weighted by atomic mass is 32.1. The molecule has 194 valence electrons. The number of rotatable bonds is 4. The molecule has 1 saturated carbocycles. The predicted molar refractivity (Wildman–Crippen MR) is 142 cm³/mol. The molecule has 9 nitrogen and oxygen atoms in total. The molecule has 3 aliphatic rings. The Hall–Kier alpha value is -3.68. The number of hydrogen-bond donors (Lipinski definition) is 1. The Morgan fingerprint density at radius 1 is 1.26 bits per heavy atom. The van der Waals surface area contributed by atoms with Gasteiger partial charge in [0.2, 0.25) is 11.8 Å². The molecule has 3 amide bonds. The summed E-state index contributed by atoms with van der Waals surface area (Å²) in [4.78, 5) is 52.8. The number of aryl methyl sites for hydroxylation is 1. The molecule has 3 unspecified atom stereocenters. The number of likely N-dealkylation sites (tertiary alicyclic amines) is 1. The van der Waals surface area contributed by atoms with Gasteiger partial charge in [-0.3, -0.25) is 24.3 Å². The molecular formula is C28H28N6O3S. The van der Waals surface area contributed by atoms with Crippen LogP contribution >= 0.6 is 11.3 Å². The van der Waals surface area contributed by atoms with Gasteiger partial charge in [-0.05, 0) is 43.0 Å². The molecule has 5 heterocycles. The van der Waals surface area contributed by atoms with Crippen molar-refractivity contribution in [2.75, 3.05) is 19.6 Å². The number of amides is 3. The molecular weight excluding hydrogens is 500 g/mol. The van der Waals surface area contributed by atoms with E-state index in [1.165, 1.54) is 16.2 Å². The van der Waals surface area contributed by atoms with Crippen LogP contribution in [0.15, 0.2) is 24.4 Å². The number of thiophene rings is 1. The highest BCUT2D eigenvalue weighted by Crippen LogP contribution is 2.63. The maximum Gasteiger partial charge on any atom is 0.256 e. The van der Waals surface area contributed by atoms with Gasteiger partial charge in [-0.1, -0.05) is 13.8 Å². The van der Waals surface area contributed by atoms with Crippen LogP contribution in [0, 0.1) is 35.5 Å². The van der Waals surface area contributed by atoms with E-state index in [1.807, 2.05) is 44.7 Å². The predicted octanol–water partition coefficient (Wildman–Crippen LogP) is 3.11. The highest BCUT2D eigenvalue weighted by Gasteiger charge is 2.72. The Labute approximate surface area is 224 Å². The number of hydrogen-bond acceptors (Lipinski definition) is 8. The van der Waals surface area contributed by atoms with Crippen LogP contribution in [-0.4, -0.2) is 63.2 Å². The number of pyridine rings is 2. The van der Waals surface area contributed by atoms with E-state index in [4.69, 9.17) is 0 Å². The molecule has 3 fully saturated rings. The van der Waals surface area contributed by atoms with Crippen LogP contribution in [0.5, 0.6) is 0 Å². The number of piperazine rings is 1. The quantitative estimate of drug-likeness (QED) is 0.517. The Morgan fingerprint density at radius 2 is 2.00 bits per heavy atom. The minimum Gasteiger partial charge on any atom is -0.333 e. The van der Waals surface area contributed by atoms with Gasteiger partial charge < -0.3 is 10.2 Å². The van der Waals surface area contributed by atoms with Crippen molar-refractivity contribution in [1.82, 2.24) is 25.1 Å². The summed E-state index contributed by atoms with van der Waals surface area (Å²) in [5.74, 6) is -0.763. The lowest BCUT2D eigenvalue weighted by atomic mass is 9.98. The lowest BCUT2D eigenvalue weighted by Gasteiger charge is -2.34. The number of imide groups is 1. The van der Waals surface area contributed by atoms with Crippen LogP contribution in [0.1, 0.15) is 47.3 Å². The molecule has 0 radical (unpaired) electrons. The van der Waals surface area contributed by atoms with Crippen molar-refractivity contribution in [3.8, 4) is 17.3 Å². The normalized spacial score (nSPS) is 24.0. The minimum absolute atomic E-state index is 0.0247. The van der Waals surface area contributed by atoms with E-state index in [0.29, 0.717) is 41.0 Å². The van der Waals surface area contributed by atoms with Crippen molar-refractivity contribution < 1.29 is 14.4 Å². The first kappa shape index (κ1) is 24.6. The van der Waals surface area contributed by atoms with Crippen LogP contribution in [0.2, 0.25) is 0 Å². The van der Waals surface area contributed by atoms with Crippen molar-refractivity contribution in [3.63, 3.8) is 0 Å². The third kappa shape index (κ3) is 3.64. The first-order valence-electron chi connectivity index (χ1n) is 12.8. The zero-order chi connectivity index (χ0) is 26.9. The molecule has 0 bridgehead atoms. The second kappa shape index (κ2) is 8.68. The van der Waals surface area contributed by atoms with Gasteiger partial charge in [0.25, 0.3) is 5.91 Å². The lowest BCUT2D eigenvalue weighted by Crippen LogP contribution is -2.52. The van der Waals surface area contributed by atoms with Gasteiger partial charge in [-0.2, -0.15) is 5.26 Å². The van der Waals surface area contributed by atoms with Gasteiger partial charge in [0, 0.05) is 42.3 Å². The molecule has 3 aromatic heterocycles. The molecule has 0 aromatic carbocycles. The molecule has 2 aliphatic heterocycles. The Kier molecular flexibility index (Phi) is 5.63. The minimum atomic E-state index is -0.250. The summed E-state index contributed by atoms with van der Waals surface area (Å²) < 4.78 is 0.802. The van der Waals surface area contributed by atoms with Gasteiger partial charge in [-0.15, -0.1) is 11.3 Å². The molecule has 0 spiro atoms. The van der Waals surface area contributed by atoms with E-state index in [-0.39, 0.29) is 53.3 Å². The lowest BCUT2D eigenvalue weighted by molar-refractivity contribution is -0.143. The van der Waals surface area contributed by atoms with E-state index >= 15 is 0 Å². The fourth-order valence-electron chi connectivity index (χ4n) is 6.05. The number of fused-ring (bicyclic) bond motifs is 2. The van der Waals surface area contributed by atoms with Crippen molar-refractivity contribution in [3.05, 3.63) is 46.1 Å². The Balaban J connectivity index is 1.41. The Bertz CT molecular complexity index is 1550. The summed E-state index contributed by atoms with van der Waals surface area (Å²) in [6, 6.07) is 7.50. The SMILES string of the molecule is Cc1cc(C#N)nc(-c2ccnc3cc(CN4C(=O)C5C(C4=O)C5(C)C)sc23)c1C(=O)N1CCNCC1C. The zero-order valence-electron chi connectivity index (χ0n) is 21.7. The summed E-state index contributed by atoms with van der Waals surface area (Å²) in [6.45, 7) is 10.0. The number of nitrogens with one attached hydrogen (secondary N) is 1. The molecule has 38 heavy (non-hydrogen) atoms. The number of carbonyl (C=O) groups is 3. The fourth-order valence-corrected chi connectivity index (χ4v) is 7.17. The van der Waals surface area contributed by atoms with E-state index < -0.39 is 0 Å². The largest absolute Gasteiger partial charge is 0.333 e. The van der Waals surface area contributed by atoms with E-state index in [0.717, 1.165) is 16.1 Å². The average molecular weight is 529 g/mol. The summed E-state index contributed by atoms with van der Waals surface area (Å²) >= 11 is 1.44. The van der Waals surface area contributed by atoms with E-state index in [1.54, 1.807) is 12.3 Å². The van der Waals surface area contributed by atoms with Gasteiger partial charge >= 0.3 is 0 Å². The number of aromatic nitrogens is 2. The number of piperidine rings is 1. The second-order valence-electron chi connectivity index (χ2n) is 11.0. The Morgan fingerprint density at radius 3 is 2.68 bits per heavy atom. The molecule has 2 saturated heterocycles. The van der Waals surface area contributed by atoms with E-state index in [2.05, 4.69) is 21.4 Å². The number of nitrogens with zero attached hydrogens (tertiary/aromatic N) is 5. The van der Waals surface area contributed by atoms with Crippen LogP contribution in [0.25, 0.3) is 21.5 Å². The maximum absolute atomic E-state index is 13.8. The van der Waals surface area contributed by atoms with Crippen molar-refractivity contribution in [2.24, 2.45) is 17.3 Å². The first-order valence-corrected chi connectivity index (χ1v) is 13.6. The summed E-state index contributed by atoms with van der Waals surface area (Å²) in [6.07, 6.45) is 1.66. The van der Waals surface area contributed by atoms with Gasteiger partial charge in [0.05, 0.1) is 39.9 Å². The van der Waals surface area contributed by atoms with Gasteiger partial charge in [-0.25, -0.2) is 4.98 Å². The molecule has 1 aliphatic carbocycles. The van der Waals surface area contributed by atoms with Crippen molar-refractivity contribution in [1.29, 1.82) is 5.26 Å². The van der Waals surface area contributed by atoms with Crippen molar-refractivity contribution in [2.45, 2.75) is 40.3 Å². The third-order valence-electron chi connectivity index (χ3n) is 8.23. The van der Waals surface area contributed by atoms with Crippen LogP contribution in [0.3, 0.4) is 0 Å². The topological polar surface area (TPSA) is 119 Å². The summed E-state index contributed by atoms with van der Waals surface area (Å²) in [5.41, 5.74) is 3.02. The standard InChI is InChI=1S/C28H28N6O3S/c1-14-9-16(11-29)32-23(20(14)25(35)33-8-7-30-12-15(33)2)18-5-6-31-19-10-17(38-24(18)19)13-34-26(36)21-22(27(34)37)28(21,3)4/h5-6,9-10,15,21-22,30H,7-8,12-13H2,1-4H3. The zero-order valence-corrected chi connectivity index (χ0v) is 22.6. The molecule has 1 N–H and O–H groups in total. The van der Waals surface area contributed by atoms with E-state index in [9.17, 15) is 19.6 Å². The monoisotopic (exact) mass is 528 g/mol. The smallest absolute Gasteiger partial charge is 0.256 e. The summed E-state index contributed by atoms with van der Waals surface area (Å²) in [7, 11) is 0. The molecule has 6 rings (SSSR count). The van der Waals surface area contributed by atoms with Crippen LogP contribution in [-0.2, 0) is 16.1 Å². The average Bonchev–Trinajstić information content (AvgIpc) is 3.13. The third-order valence-corrected chi connectivity index (χ3v) is 9.37. The maximum atomic E-state index is 13.8. The summed E-state index contributed by atoms with van der Waals surface area (Å²) in [5, 5.41) is 13.0.